The minimum absolute atomic E-state index is 0.0691. The highest BCUT2D eigenvalue weighted by atomic mass is 16.5. The summed E-state index contributed by atoms with van der Waals surface area (Å²) in [7, 11) is 0. The van der Waals surface area contributed by atoms with Crippen molar-refractivity contribution in [1.29, 1.82) is 0 Å². The van der Waals surface area contributed by atoms with Gasteiger partial charge in [0.15, 0.2) is 0 Å². The normalized spacial score (nSPS) is 35.2. The van der Waals surface area contributed by atoms with Gasteiger partial charge in [-0.2, -0.15) is 0 Å². The molecule has 1 aliphatic heterocycles. The number of hydrogen-bond acceptors (Lipinski definition) is 3. The van der Waals surface area contributed by atoms with Crippen molar-refractivity contribution in [3.8, 4) is 0 Å². The molecule has 1 heterocycles. The minimum atomic E-state index is -0.155. The predicted molar refractivity (Wildman–Crippen MR) is 95.7 cm³/mol. The topological polar surface area (TPSA) is 29.5 Å². The number of carbonyl (C=O) groups is 1. The fraction of sp³-hybridized carbons (Fsp3) is 0.857. The summed E-state index contributed by atoms with van der Waals surface area (Å²) < 4.78 is 6.03. The first-order valence-corrected chi connectivity index (χ1v) is 10.3. The highest BCUT2D eigenvalue weighted by molar-refractivity contribution is 5.79. The molecule has 1 unspecified atom stereocenters. The Labute approximate surface area is 146 Å². The Bertz CT molecular complexity index is 532. The van der Waals surface area contributed by atoms with Crippen LogP contribution in [0.5, 0.6) is 0 Å². The van der Waals surface area contributed by atoms with Gasteiger partial charge in [-0.05, 0) is 95.7 Å². The molecule has 3 aliphatic carbocycles. The molecule has 0 N–H and O–H groups in total. The molecular weight excluding hydrogens is 298 g/mol. The molecule has 4 rings (SSSR count). The maximum absolute atomic E-state index is 12.4. The number of piperidine rings is 1. The van der Waals surface area contributed by atoms with Gasteiger partial charge < -0.3 is 4.74 Å². The first kappa shape index (κ1) is 16.6. The predicted octanol–water partition coefficient (Wildman–Crippen LogP) is 4.46. The van der Waals surface area contributed by atoms with Crippen LogP contribution in [0, 0.1) is 11.3 Å². The second kappa shape index (κ2) is 6.48. The maximum Gasteiger partial charge on any atom is 0.312 e. The van der Waals surface area contributed by atoms with Crippen LogP contribution in [0.3, 0.4) is 0 Å². The van der Waals surface area contributed by atoms with Crippen molar-refractivity contribution >= 4 is 5.97 Å². The summed E-state index contributed by atoms with van der Waals surface area (Å²) in [5.41, 5.74) is 3.01. The zero-order chi connectivity index (χ0) is 16.7. The first-order chi connectivity index (χ1) is 11.6. The van der Waals surface area contributed by atoms with Crippen LogP contribution < -0.4 is 0 Å². The van der Waals surface area contributed by atoms with Gasteiger partial charge in [0.2, 0.25) is 0 Å². The van der Waals surface area contributed by atoms with E-state index in [0.29, 0.717) is 0 Å². The monoisotopic (exact) mass is 331 g/mol. The van der Waals surface area contributed by atoms with Gasteiger partial charge in [0, 0.05) is 6.04 Å². The van der Waals surface area contributed by atoms with Gasteiger partial charge in [0.25, 0.3) is 0 Å². The molecule has 0 aromatic heterocycles. The lowest BCUT2D eigenvalue weighted by Crippen LogP contribution is -2.48. The number of fused-ring (bicyclic) bond motifs is 1. The van der Waals surface area contributed by atoms with E-state index in [1.54, 1.807) is 5.57 Å². The zero-order valence-electron chi connectivity index (χ0n) is 15.5. The van der Waals surface area contributed by atoms with Gasteiger partial charge in [0.05, 0.1) is 5.41 Å². The van der Waals surface area contributed by atoms with Gasteiger partial charge in [-0.1, -0.05) is 12.5 Å². The quantitative estimate of drug-likeness (QED) is 0.562. The van der Waals surface area contributed by atoms with Crippen molar-refractivity contribution < 1.29 is 9.53 Å². The van der Waals surface area contributed by atoms with Gasteiger partial charge in [-0.25, -0.2) is 0 Å². The van der Waals surface area contributed by atoms with E-state index in [0.717, 1.165) is 31.2 Å². The Morgan fingerprint density at radius 3 is 2.83 bits per heavy atom. The van der Waals surface area contributed by atoms with Crippen LogP contribution in [-0.2, 0) is 9.53 Å². The van der Waals surface area contributed by atoms with Crippen molar-refractivity contribution in [3.63, 3.8) is 0 Å². The molecule has 0 radical (unpaired) electrons. The summed E-state index contributed by atoms with van der Waals surface area (Å²) in [5, 5.41) is 0. The van der Waals surface area contributed by atoms with Crippen LogP contribution in [0.4, 0.5) is 0 Å². The molecular formula is C21H33NO2. The van der Waals surface area contributed by atoms with Crippen molar-refractivity contribution in [3.05, 3.63) is 11.1 Å². The highest BCUT2D eigenvalue weighted by Gasteiger charge is 2.48. The van der Waals surface area contributed by atoms with Crippen LogP contribution in [0.2, 0.25) is 0 Å². The van der Waals surface area contributed by atoms with E-state index < -0.39 is 0 Å². The summed E-state index contributed by atoms with van der Waals surface area (Å²) in [6, 6.07) is 0.757. The Morgan fingerprint density at radius 2 is 2.08 bits per heavy atom. The molecule has 0 bridgehead atoms. The number of hydrogen-bond donors (Lipinski definition) is 0. The van der Waals surface area contributed by atoms with E-state index in [-0.39, 0.29) is 17.5 Å². The lowest BCUT2D eigenvalue weighted by atomic mass is 9.70. The number of carbonyl (C=O) groups excluding carboxylic acids is 1. The fourth-order valence-corrected chi connectivity index (χ4v) is 5.21. The second-order valence-corrected chi connectivity index (χ2v) is 8.89. The molecule has 3 nitrogen and oxygen atoms in total. The molecule has 0 aromatic rings. The molecule has 0 spiro atoms. The van der Waals surface area contributed by atoms with Crippen molar-refractivity contribution in [2.75, 3.05) is 13.1 Å². The van der Waals surface area contributed by atoms with E-state index in [2.05, 4.69) is 18.7 Å². The summed E-state index contributed by atoms with van der Waals surface area (Å²) in [4.78, 5) is 15.2. The number of esters is 1. The Kier molecular flexibility index (Phi) is 4.49. The fourth-order valence-electron chi connectivity index (χ4n) is 5.21. The van der Waals surface area contributed by atoms with Crippen molar-refractivity contribution in [2.24, 2.45) is 11.3 Å². The Hall–Kier alpha value is -0.830. The summed E-state index contributed by atoms with van der Waals surface area (Å²) >= 11 is 0. The number of likely N-dealkylation sites (tertiary alicyclic amines) is 1. The standard InChI is InChI=1S/C21H33NO2/c1-3-11-22-12-5-7-16-13-17-15(14-18(16)22)6-4-8-19(17)24-20(23)21(2)9-10-21/h16,18-19H,3-14H2,1-2H3/t16-,18-,19?/m1/s1. The van der Waals surface area contributed by atoms with Crippen LogP contribution in [0.1, 0.15) is 78.1 Å². The van der Waals surface area contributed by atoms with E-state index in [1.807, 2.05) is 0 Å². The molecule has 2 fully saturated rings. The minimum Gasteiger partial charge on any atom is -0.457 e. The van der Waals surface area contributed by atoms with Gasteiger partial charge in [0.1, 0.15) is 6.10 Å². The summed E-state index contributed by atoms with van der Waals surface area (Å²) in [6.45, 7) is 6.90. The van der Waals surface area contributed by atoms with E-state index in [4.69, 9.17) is 4.74 Å². The summed E-state index contributed by atoms with van der Waals surface area (Å²) in [5.74, 6) is 0.861. The highest BCUT2D eigenvalue weighted by Crippen LogP contribution is 2.48. The van der Waals surface area contributed by atoms with Crippen LogP contribution in [0.25, 0.3) is 0 Å². The van der Waals surface area contributed by atoms with Crippen LogP contribution in [-0.4, -0.2) is 36.1 Å². The average Bonchev–Trinajstić information content (AvgIpc) is 3.33. The van der Waals surface area contributed by atoms with E-state index in [9.17, 15) is 4.79 Å². The van der Waals surface area contributed by atoms with E-state index >= 15 is 0 Å². The lowest BCUT2D eigenvalue weighted by molar-refractivity contribution is -0.154. The molecule has 4 aliphatic rings. The molecule has 1 saturated carbocycles. The molecule has 134 valence electrons. The molecule has 24 heavy (non-hydrogen) atoms. The number of ether oxygens (including phenoxy) is 1. The molecule has 1 saturated heterocycles. The van der Waals surface area contributed by atoms with Crippen LogP contribution in [0.15, 0.2) is 11.1 Å². The second-order valence-electron chi connectivity index (χ2n) is 8.89. The first-order valence-electron chi connectivity index (χ1n) is 10.3. The van der Waals surface area contributed by atoms with Gasteiger partial charge in [-0.3, -0.25) is 9.69 Å². The van der Waals surface area contributed by atoms with Crippen molar-refractivity contribution in [1.82, 2.24) is 4.90 Å². The van der Waals surface area contributed by atoms with Gasteiger partial charge in [-0.15, -0.1) is 0 Å². The maximum atomic E-state index is 12.4. The molecule has 0 amide bonds. The average molecular weight is 332 g/mol. The third-order valence-electron chi connectivity index (χ3n) is 7.01. The molecule has 0 aromatic carbocycles. The zero-order valence-corrected chi connectivity index (χ0v) is 15.5. The SMILES string of the molecule is CCCN1CCC[C@@H]2CC3=C(CCCC3OC(=O)C3(C)CC3)C[C@H]21. The third-order valence-corrected chi connectivity index (χ3v) is 7.01. The smallest absolute Gasteiger partial charge is 0.312 e. The van der Waals surface area contributed by atoms with Crippen molar-refractivity contribution in [2.45, 2.75) is 90.2 Å². The summed E-state index contributed by atoms with van der Waals surface area (Å²) in [6.07, 6.45) is 12.0. The van der Waals surface area contributed by atoms with E-state index in [1.165, 1.54) is 63.6 Å². The van der Waals surface area contributed by atoms with Crippen LogP contribution >= 0.6 is 0 Å². The Morgan fingerprint density at radius 1 is 1.25 bits per heavy atom. The number of rotatable bonds is 4. The molecule has 3 atom stereocenters. The Balaban J connectivity index is 1.50. The largest absolute Gasteiger partial charge is 0.457 e. The van der Waals surface area contributed by atoms with Gasteiger partial charge >= 0.3 is 5.97 Å². The lowest BCUT2D eigenvalue weighted by Gasteiger charge is -2.47. The molecule has 3 heteroatoms. The number of nitrogens with zero attached hydrogens (tertiary/aromatic N) is 1. The third kappa shape index (κ3) is 3.05.